The molecule has 1 aromatic rings. The van der Waals surface area contributed by atoms with Crippen LogP contribution in [0.25, 0.3) is 6.08 Å². The molecule has 0 aromatic heterocycles. The van der Waals surface area contributed by atoms with E-state index in [1.165, 1.54) is 16.5 Å². The number of hydrogen-bond donors (Lipinski definition) is 2. The van der Waals surface area contributed by atoms with E-state index in [0.29, 0.717) is 26.2 Å². The highest BCUT2D eigenvalue weighted by molar-refractivity contribution is 5.91. The predicted octanol–water partition coefficient (Wildman–Crippen LogP) is 2.20. The van der Waals surface area contributed by atoms with Crippen molar-refractivity contribution in [2.24, 2.45) is 0 Å². The summed E-state index contributed by atoms with van der Waals surface area (Å²) in [6, 6.07) is 7.30. The van der Waals surface area contributed by atoms with Crippen molar-refractivity contribution in [3.8, 4) is 0 Å². The van der Waals surface area contributed by atoms with E-state index in [1.807, 2.05) is 17.0 Å². The number of rotatable bonds is 5. The van der Waals surface area contributed by atoms with Crippen LogP contribution in [0.3, 0.4) is 0 Å². The predicted molar refractivity (Wildman–Crippen MR) is 89.5 cm³/mol. The molecule has 1 heterocycles. The largest absolute Gasteiger partial charge is 0.389 e. The molecule has 0 atom stereocenters. The van der Waals surface area contributed by atoms with Gasteiger partial charge in [-0.05, 0) is 17.7 Å². The van der Waals surface area contributed by atoms with Crippen LogP contribution in [-0.4, -0.2) is 54.3 Å². The Morgan fingerprint density at radius 3 is 2.42 bits per heavy atom. The second-order valence-corrected chi connectivity index (χ2v) is 5.85. The Balaban J connectivity index is 1.97. The highest BCUT2D eigenvalue weighted by Crippen LogP contribution is 2.25. The van der Waals surface area contributed by atoms with E-state index in [2.05, 4.69) is 0 Å². The Bertz CT molecular complexity index is 669. The molecule has 1 aliphatic heterocycles. The summed E-state index contributed by atoms with van der Waals surface area (Å²) in [6.07, 6.45) is -3.22. The van der Waals surface area contributed by atoms with Crippen molar-refractivity contribution in [1.82, 2.24) is 10.4 Å². The summed E-state index contributed by atoms with van der Waals surface area (Å²) in [6.45, 7) is 1.64. The van der Waals surface area contributed by atoms with Gasteiger partial charge in [-0.25, -0.2) is 5.48 Å². The van der Waals surface area contributed by atoms with Crippen molar-refractivity contribution >= 4 is 23.6 Å². The SMILES string of the molecule is O=C(/C=C/c1ccccc1N1CCN(C(=O)CCC(F)(F)F)CC1)NO. The second-order valence-electron chi connectivity index (χ2n) is 5.85. The number of para-hydroxylation sites is 1. The first-order valence-electron chi connectivity index (χ1n) is 8.11. The van der Waals surface area contributed by atoms with Crippen LogP contribution < -0.4 is 10.4 Å². The molecule has 6 nitrogen and oxygen atoms in total. The number of hydrogen-bond acceptors (Lipinski definition) is 4. The third-order valence-corrected chi connectivity index (χ3v) is 4.06. The van der Waals surface area contributed by atoms with E-state index < -0.39 is 30.8 Å². The molecule has 0 bridgehead atoms. The van der Waals surface area contributed by atoms with E-state index in [1.54, 1.807) is 18.2 Å². The topological polar surface area (TPSA) is 72.9 Å². The molecule has 0 radical (unpaired) electrons. The Hall–Kier alpha value is -2.55. The summed E-state index contributed by atoms with van der Waals surface area (Å²) in [5, 5.41) is 8.54. The molecule has 2 rings (SSSR count). The second kappa shape index (κ2) is 8.70. The minimum absolute atomic E-state index is 0.339. The van der Waals surface area contributed by atoms with Gasteiger partial charge in [-0.2, -0.15) is 13.2 Å². The molecule has 9 heteroatoms. The van der Waals surface area contributed by atoms with Crippen LogP contribution >= 0.6 is 0 Å². The Morgan fingerprint density at radius 1 is 1.15 bits per heavy atom. The lowest BCUT2D eigenvalue weighted by atomic mass is 10.1. The fourth-order valence-electron chi connectivity index (χ4n) is 2.72. The van der Waals surface area contributed by atoms with Gasteiger partial charge in [-0.1, -0.05) is 18.2 Å². The minimum atomic E-state index is -4.33. The molecule has 0 aliphatic carbocycles. The van der Waals surface area contributed by atoms with E-state index in [-0.39, 0.29) is 0 Å². The number of carbonyl (C=O) groups excluding carboxylic acids is 2. The highest BCUT2D eigenvalue weighted by atomic mass is 19.4. The van der Waals surface area contributed by atoms with Crippen molar-refractivity contribution < 1.29 is 28.0 Å². The van der Waals surface area contributed by atoms with Crippen LogP contribution in [0.15, 0.2) is 30.3 Å². The van der Waals surface area contributed by atoms with Gasteiger partial charge in [0.05, 0.1) is 6.42 Å². The number of halogens is 3. The van der Waals surface area contributed by atoms with Crippen LogP contribution in [0.4, 0.5) is 18.9 Å². The summed E-state index contributed by atoms with van der Waals surface area (Å²) in [5.74, 6) is -1.14. The fourth-order valence-corrected chi connectivity index (χ4v) is 2.72. The van der Waals surface area contributed by atoms with Crippen molar-refractivity contribution in [2.45, 2.75) is 19.0 Å². The molecule has 0 unspecified atom stereocenters. The monoisotopic (exact) mass is 371 g/mol. The van der Waals surface area contributed by atoms with Crippen LogP contribution in [0.2, 0.25) is 0 Å². The molecule has 1 fully saturated rings. The zero-order valence-electron chi connectivity index (χ0n) is 14.0. The number of carbonyl (C=O) groups is 2. The number of benzene rings is 1. The lowest BCUT2D eigenvalue weighted by Crippen LogP contribution is -2.49. The molecule has 1 aliphatic rings. The lowest BCUT2D eigenvalue weighted by molar-refractivity contribution is -0.149. The van der Waals surface area contributed by atoms with E-state index in [9.17, 15) is 22.8 Å². The lowest BCUT2D eigenvalue weighted by Gasteiger charge is -2.37. The standard InChI is InChI=1S/C17H20F3N3O3/c18-17(19,20)8-7-16(25)23-11-9-22(10-12-23)14-4-2-1-3-13(14)5-6-15(24)21-26/h1-6,26H,7-12H2,(H,21,24)/b6-5+. The number of anilines is 1. The van der Waals surface area contributed by atoms with E-state index >= 15 is 0 Å². The highest BCUT2D eigenvalue weighted by Gasteiger charge is 2.30. The van der Waals surface area contributed by atoms with Gasteiger partial charge in [0.2, 0.25) is 5.91 Å². The molecule has 1 aromatic carbocycles. The Kier molecular flexibility index (Phi) is 6.62. The van der Waals surface area contributed by atoms with Gasteiger partial charge in [-0.3, -0.25) is 14.8 Å². The number of alkyl halides is 3. The van der Waals surface area contributed by atoms with Crippen molar-refractivity contribution in [1.29, 1.82) is 0 Å². The zero-order valence-corrected chi connectivity index (χ0v) is 14.0. The smallest absolute Gasteiger partial charge is 0.367 e. The molecule has 0 saturated carbocycles. The van der Waals surface area contributed by atoms with E-state index in [0.717, 1.165) is 11.3 Å². The van der Waals surface area contributed by atoms with Crippen molar-refractivity contribution in [3.63, 3.8) is 0 Å². The quantitative estimate of drug-likeness (QED) is 0.473. The van der Waals surface area contributed by atoms with Crippen molar-refractivity contribution in [2.75, 3.05) is 31.1 Å². The molecule has 0 spiro atoms. The first kappa shape index (κ1) is 19.8. The third kappa shape index (κ3) is 5.76. The Morgan fingerprint density at radius 2 is 1.81 bits per heavy atom. The number of piperazine rings is 1. The molecule has 26 heavy (non-hydrogen) atoms. The molecular formula is C17H20F3N3O3. The van der Waals surface area contributed by atoms with Gasteiger partial charge >= 0.3 is 6.18 Å². The summed E-state index contributed by atoms with van der Waals surface area (Å²) in [4.78, 5) is 26.5. The molecule has 142 valence electrons. The van der Waals surface area contributed by atoms with Crippen LogP contribution in [0, 0.1) is 0 Å². The summed E-state index contributed by atoms with van der Waals surface area (Å²) < 4.78 is 36.7. The third-order valence-electron chi connectivity index (χ3n) is 4.06. The number of hydroxylamine groups is 1. The molecular weight excluding hydrogens is 351 g/mol. The number of nitrogens with one attached hydrogen (secondary N) is 1. The summed E-state index contributed by atoms with van der Waals surface area (Å²) in [5.41, 5.74) is 3.11. The fraction of sp³-hybridized carbons (Fsp3) is 0.412. The molecule has 2 amide bonds. The minimum Gasteiger partial charge on any atom is -0.367 e. The van der Waals surface area contributed by atoms with Crippen LogP contribution in [0.5, 0.6) is 0 Å². The first-order chi connectivity index (χ1) is 12.3. The van der Waals surface area contributed by atoms with Gasteiger partial charge < -0.3 is 9.80 Å². The molecule has 1 saturated heterocycles. The van der Waals surface area contributed by atoms with Crippen LogP contribution in [0.1, 0.15) is 18.4 Å². The number of amides is 2. The van der Waals surface area contributed by atoms with Crippen molar-refractivity contribution in [3.05, 3.63) is 35.9 Å². The first-order valence-corrected chi connectivity index (χ1v) is 8.11. The Labute approximate surface area is 148 Å². The maximum Gasteiger partial charge on any atom is 0.389 e. The van der Waals surface area contributed by atoms with Crippen LogP contribution in [-0.2, 0) is 9.59 Å². The van der Waals surface area contributed by atoms with Gasteiger partial charge in [0.25, 0.3) is 5.91 Å². The van der Waals surface area contributed by atoms with Gasteiger partial charge in [0, 0.05) is 44.4 Å². The maximum atomic E-state index is 12.2. The van der Waals surface area contributed by atoms with E-state index in [4.69, 9.17) is 5.21 Å². The maximum absolute atomic E-state index is 12.2. The van der Waals surface area contributed by atoms with Gasteiger partial charge in [0.15, 0.2) is 0 Å². The zero-order chi connectivity index (χ0) is 19.2. The number of nitrogens with zero attached hydrogens (tertiary/aromatic N) is 2. The van der Waals surface area contributed by atoms with Gasteiger partial charge in [0.1, 0.15) is 0 Å². The van der Waals surface area contributed by atoms with Gasteiger partial charge in [-0.15, -0.1) is 0 Å². The normalized spacial score (nSPS) is 15.4. The average molecular weight is 371 g/mol. The summed E-state index contributed by atoms with van der Waals surface area (Å²) in [7, 11) is 0. The summed E-state index contributed by atoms with van der Waals surface area (Å²) >= 11 is 0. The molecule has 2 N–H and O–H groups in total. The average Bonchev–Trinajstić information content (AvgIpc) is 2.64.